The van der Waals surface area contributed by atoms with Crippen molar-refractivity contribution in [1.82, 2.24) is 14.8 Å². The van der Waals surface area contributed by atoms with E-state index in [1.165, 1.54) is 17.5 Å². The van der Waals surface area contributed by atoms with Gasteiger partial charge < -0.3 is 0 Å². The fourth-order valence-corrected chi connectivity index (χ4v) is 3.26. The molecule has 108 valence electrons. The van der Waals surface area contributed by atoms with Gasteiger partial charge >= 0.3 is 0 Å². The standard InChI is InChI=1S/C14H13ClN4OS/c1-3-19-12(9(15)7-16-19)13(20)18-14-17-10-5-4-8(2)6-11(10)21-14/h4-7H,3H2,1-2H3,(H,17,18,20). The molecule has 21 heavy (non-hydrogen) atoms. The fourth-order valence-electron chi connectivity index (χ4n) is 2.07. The van der Waals surface area contributed by atoms with Gasteiger partial charge in [0.2, 0.25) is 0 Å². The van der Waals surface area contributed by atoms with Crippen LogP contribution < -0.4 is 5.32 Å². The highest BCUT2D eigenvalue weighted by molar-refractivity contribution is 7.22. The lowest BCUT2D eigenvalue weighted by Gasteiger charge is -2.04. The molecule has 5 nitrogen and oxygen atoms in total. The van der Waals surface area contributed by atoms with Gasteiger partial charge in [-0.2, -0.15) is 5.10 Å². The smallest absolute Gasteiger partial charge is 0.277 e. The van der Waals surface area contributed by atoms with E-state index in [1.54, 1.807) is 4.68 Å². The molecule has 3 aromatic rings. The molecule has 1 N–H and O–H groups in total. The summed E-state index contributed by atoms with van der Waals surface area (Å²) in [5, 5.41) is 7.75. The van der Waals surface area contributed by atoms with Crippen LogP contribution in [0.5, 0.6) is 0 Å². The van der Waals surface area contributed by atoms with Gasteiger partial charge in [0.1, 0.15) is 5.69 Å². The SMILES string of the molecule is CCn1ncc(Cl)c1C(=O)Nc1nc2ccc(C)cc2s1. The minimum Gasteiger partial charge on any atom is -0.296 e. The molecule has 2 aromatic heterocycles. The highest BCUT2D eigenvalue weighted by Gasteiger charge is 2.18. The number of carbonyl (C=O) groups is 1. The van der Waals surface area contributed by atoms with E-state index in [1.807, 2.05) is 32.0 Å². The van der Waals surface area contributed by atoms with E-state index in [4.69, 9.17) is 11.6 Å². The van der Waals surface area contributed by atoms with Crippen LogP contribution in [0.25, 0.3) is 10.2 Å². The second-order valence-corrected chi connectivity index (χ2v) is 6.04. The summed E-state index contributed by atoms with van der Waals surface area (Å²) < 4.78 is 2.61. The van der Waals surface area contributed by atoms with Gasteiger partial charge in [0.25, 0.3) is 5.91 Å². The number of halogens is 1. The topological polar surface area (TPSA) is 59.8 Å². The summed E-state index contributed by atoms with van der Waals surface area (Å²) >= 11 is 7.46. The van der Waals surface area contributed by atoms with Gasteiger partial charge in [0.15, 0.2) is 5.13 Å². The zero-order valence-electron chi connectivity index (χ0n) is 11.6. The number of thiazole rings is 1. The Kier molecular flexibility index (Phi) is 3.65. The highest BCUT2D eigenvalue weighted by Crippen LogP contribution is 2.27. The maximum absolute atomic E-state index is 12.3. The average Bonchev–Trinajstić information content (AvgIpc) is 3.00. The predicted molar refractivity (Wildman–Crippen MR) is 85.2 cm³/mol. The number of fused-ring (bicyclic) bond motifs is 1. The molecule has 7 heteroatoms. The van der Waals surface area contributed by atoms with Gasteiger partial charge in [0.05, 0.1) is 21.4 Å². The summed E-state index contributed by atoms with van der Waals surface area (Å²) in [6, 6.07) is 5.99. The van der Waals surface area contributed by atoms with Crippen LogP contribution in [0.1, 0.15) is 23.0 Å². The van der Waals surface area contributed by atoms with Gasteiger partial charge in [-0.15, -0.1) is 0 Å². The van der Waals surface area contributed by atoms with E-state index in [2.05, 4.69) is 15.4 Å². The number of rotatable bonds is 3. The van der Waals surface area contributed by atoms with Crippen LogP contribution in [0.4, 0.5) is 5.13 Å². The number of benzene rings is 1. The number of hydrogen-bond acceptors (Lipinski definition) is 4. The molecule has 0 aliphatic carbocycles. The quantitative estimate of drug-likeness (QED) is 0.800. The number of nitrogens with zero attached hydrogens (tertiary/aromatic N) is 3. The summed E-state index contributed by atoms with van der Waals surface area (Å²) in [5.41, 5.74) is 2.39. The highest BCUT2D eigenvalue weighted by atomic mass is 35.5. The monoisotopic (exact) mass is 320 g/mol. The number of aromatic nitrogens is 3. The molecule has 0 saturated carbocycles. The summed E-state index contributed by atoms with van der Waals surface area (Å²) in [6.45, 7) is 4.51. The first kappa shape index (κ1) is 14.0. The lowest BCUT2D eigenvalue weighted by molar-refractivity contribution is 0.101. The zero-order valence-corrected chi connectivity index (χ0v) is 13.1. The van der Waals surface area contributed by atoms with Gasteiger partial charge in [-0.25, -0.2) is 4.98 Å². The molecule has 0 fully saturated rings. The second-order valence-electron chi connectivity index (χ2n) is 4.60. The van der Waals surface area contributed by atoms with Crippen molar-refractivity contribution >= 4 is 44.2 Å². The summed E-state index contributed by atoms with van der Waals surface area (Å²) in [7, 11) is 0. The molecule has 0 aliphatic rings. The molecule has 0 atom stereocenters. The van der Waals surface area contributed by atoms with Gasteiger partial charge in [-0.3, -0.25) is 14.8 Å². The van der Waals surface area contributed by atoms with Crippen molar-refractivity contribution in [3.63, 3.8) is 0 Å². The molecule has 0 radical (unpaired) electrons. The average molecular weight is 321 g/mol. The Morgan fingerprint density at radius 2 is 2.29 bits per heavy atom. The first-order chi connectivity index (χ1) is 10.1. The van der Waals surface area contributed by atoms with Crippen LogP contribution in [-0.4, -0.2) is 20.7 Å². The Labute approximate surface area is 130 Å². The van der Waals surface area contributed by atoms with Crippen LogP contribution >= 0.6 is 22.9 Å². The number of aryl methyl sites for hydroxylation is 2. The van der Waals surface area contributed by atoms with Crippen molar-refractivity contribution in [2.45, 2.75) is 20.4 Å². The number of amides is 1. The minimum absolute atomic E-state index is 0.296. The summed E-state index contributed by atoms with van der Waals surface area (Å²) in [4.78, 5) is 16.7. The van der Waals surface area contributed by atoms with Crippen molar-refractivity contribution in [1.29, 1.82) is 0 Å². The molecule has 0 aliphatic heterocycles. The molecular weight excluding hydrogens is 308 g/mol. The summed E-state index contributed by atoms with van der Waals surface area (Å²) in [5.74, 6) is -0.296. The number of nitrogens with one attached hydrogen (secondary N) is 1. The van der Waals surface area contributed by atoms with E-state index in [9.17, 15) is 4.79 Å². The normalized spacial score (nSPS) is 11.0. The third-order valence-corrected chi connectivity index (χ3v) is 4.28. The Hall–Kier alpha value is -1.92. The first-order valence-corrected chi connectivity index (χ1v) is 7.67. The fraction of sp³-hybridized carbons (Fsp3) is 0.214. The Morgan fingerprint density at radius 1 is 1.48 bits per heavy atom. The minimum atomic E-state index is -0.296. The lowest BCUT2D eigenvalue weighted by atomic mass is 10.2. The van der Waals surface area contributed by atoms with Crippen LogP contribution in [0, 0.1) is 6.92 Å². The van der Waals surface area contributed by atoms with Crippen LogP contribution in [0.3, 0.4) is 0 Å². The van der Waals surface area contributed by atoms with E-state index >= 15 is 0 Å². The van der Waals surface area contributed by atoms with E-state index in [0.29, 0.717) is 22.4 Å². The van der Waals surface area contributed by atoms with Crippen molar-refractivity contribution < 1.29 is 4.79 Å². The van der Waals surface area contributed by atoms with Crippen molar-refractivity contribution in [2.75, 3.05) is 5.32 Å². The van der Waals surface area contributed by atoms with Gasteiger partial charge in [0, 0.05) is 6.54 Å². The van der Waals surface area contributed by atoms with Crippen molar-refractivity contribution in [3.8, 4) is 0 Å². The Balaban J connectivity index is 1.90. The van der Waals surface area contributed by atoms with Crippen LogP contribution in [0.15, 0.2) is 24.4 Å². The summed E-state index contributed by atoms with van der Waals surface area (Å²) in [6.07, 6.45) is 1.47. The van der Waals surface area contributed by atoms with Crippen LogP contribution in [-0.2, 0) is 6.54 Å². The molecule has 2 heterocycles. The number of hydrogen-bond donors (Lipinski definition) is 1. The molecular formula is C14H13ClN4OS. The molecule has 0 bridgehead atoms. The maximum Gasteiger partial charge on any atom is 0.277 e. The predicted octanol–water partition coefficient (Wildman–Crippen LogP) is 3.73. The molecule has 1 aromatic carbocycles. The second kappa shape index (κ2) is 5.46. The largest absolute Gasteiger partial charge is 0.296 e. The third kappa shape index (κ3) is 2.64. The molecule has 0 spiro atoms. The Morgan fingerprint density at radius 3 is 3.05 bits per heavy atom. The van der Waals surface area contributed by atoms with E-state index < -0.39 is 0 Å². The Bertz CT molecular complexity index is 824. The molecule has 1 amide bonds. The van der Waals surface area contributed by atoms with Crippen LogP contribution in [0.2, 0.25) is 5.02 Å². The van der Waals surface area contributed by atoms with E-state index in [0.717, 1.165) is 15.8 Å². The number of carbonyl (C=O) groups excluding carboxylic acids is 1. The first-order valence-electron chi connectivity index (χ1n) is 6.48. The van der Waals surface area contributed by atoms with Gasteiger partial charge in [-0.05, 0) is 31.5 Å². The van der Waals surface area contributed by atoms with Gasteiger partial charge in [-0.1, -0.05) is 29.0 Å². The zero-order chi connectivity index (χ0) is 15.0. The van der Waals surface area contributed by atoms with Crippen molar-refractivity contribution in [3.05, 3.63) is 40.7 Å². The molecule has 0 unspecified atom stereocenters. The lowest BCUT2D eigenvalue weighted by Crippen LogP contribution is -2.17. The molecule has 0 saturated heterocycles. The third-order valence-electron chi connectivity index (χ3n) is 3.07. The maximum atomic E-state index is 12.3. The number of anilines is 1. The van der Waals surface area contributed by atoms with Crippen molar-refractivity contribution in [2.24, 2.45) is 0 Å². The van der Waals surface area contributed by atoms with E-state index in [-0.39, 0.29) is 5.91 Å². The molecule has 3 rings (SSSR count).